The van der Waals surface area contributed by atoms with Gasteiger partial charge in [-0.05, 0) is 38.3 Å². The molecule has 0 radical (unpaired) electrons. The van der Waals surface area contributed by atoms with Crippen molar-refractivity contribution in [3.05, 3.63) is 18.5 Å². The van der Waals surface area contributed by atoms with E-state index in [1.165, 1.54) is 6.42 Å². The molecule has 3 atom stereocenters. The summed E-state index contributed by atoms with van der Waals surface area (Å²) in [5, 5.41) is 7.67. The quantitative estimate of drug-likeness (QED) is 0.836. The molecule has 98 valence electrons. The SMILES string of the molecule is CC(C(=O)N1CCC2NCCC2C1)n1cccn1. The molecule has 3 rings (SSSR count). The van der Waals surface area contributed by atoms with E-state index in [-0.39, 0.29) is 11.9 Å². The van der Waals surface area contributed by atoms with Crippen LogP contribution in [-0.4, -0.2) is 46.3 Å². The van der Waals surface area contributed by atoms with Crippen LogP contribution in [0, 0.1) is 5.92 Å². The summed E-state index contributed by atoms with van der Waals surface area (Å²) in [7, 11) is 0. The molecule has 5 heteroatoms. The highest BCUT2D eigenvalue weighted by Gasteiger charge is 2.35. The Kier molecular flexibility index (Phi) is 3.07. The molecule has 5 nitrogen and oxygen atoms in total. The normalized spacial score (nSPS) is 29.1. The van der Waals surface area contributed by atoms with Crippen LogP contribution < -0.4 is 5.32 Å². The smallest absolute Gasteiger partial charge is 0.247 e. The Balaban J connectivity index is 1.66. The fourth-order valence-electron chi connectivity index (χ4n) is 3.13. The molecule has 0 bridgehead atoms. The van der Waals surface area contributed by atoms with Crippen molar-refractivity contribution in [1.29, 1.82) is 0 Å². The molecule has 0 saturated carbocycles. The van der Waals surface area contributed by atoms with E-state index in [1.807, 2.05) is 24.1 Å². The maximum atomic E-state index is 12.4. The molecule has 1 aromatic heterocycles. The molecule has 0 aliphatic carbocycles. The van der Waals surface area contributed by atoms with Gasteiger partial charge in [-0.1, -0.05) is 0 Å². The standard InChI is InChI=1S/C13H20N4O/c1-10(17-7-2-5-15-17)13(18)16-8-4-12-11(9-16)3-6-14-12/h2,5,7,10-12,14H,3-4,6,8-9H2,1H3. The summed E-state index contributed by atoms with van der Waals surface area (Å²) in [5.41, 5.74) is 0. The van der Waals surface area contributed by atoms with Crippen molar-refractivity contribution in [3.63, 3.8) is 0 Å². The van der Waals surface area contributed by atoms with Crippen molar-refractivity contribution < 1.29 is 4.79 Å². The minimum absolute atomic E-state index is 0.189. The van der Waals surface area contributed by atoms with E-state index in [9.17, 15) is 4.79 Å². The van der Waals surface area contributed by atoms with Crippen LogP contribution in [0.2, 0.25) is 0 Å². The Morgan fingerprint density at radius 2 is 2.39 bits per heavy atom. The lowest BCUT2D eigenvalue weighted by molar-refractivity contribution is -0.136. The Hall–Kier alpha value is -1.36. The van der Waals surface area contributed by atoms with E-state index >= 15 is 0 Å². The summed E-state index contributed by atoms with van der Waals surface area (Å²) in [5.74, 6) is 0.844. The van der Waals surface area contributed by atoms with Gasteiger partial charge in [0.05, 0.1) is 0 Å². The summed E-state index contributed by atoms with van der Waals surface area (Å²) < 4.78 is 1.74. The van der Waals surface area contributed by atoms with Gasteiger partial charge in [0.25, 0.3) is 0 Å². The van der Waals surface area contributed by atoms with E-state index in [4.69, 9.17) is 0 Å². The number of hydrogen-bond donors (Lipinski definition) is 1. The van der Waals surface area contributed by atoms with Gasteiger partial charge in [-0.2, -0.15) is 5.10 Å². The van der Waals surface area contributed by atoms with Gasteiger partial charge >= 0.3 is 0 Å². The molecule has 3 heterocycles. The van der Waals surface area contributed by atoms with Gasteiger partial charge < -0.3 is 10.2 Å². The third kappa shape index (κ3) is 2.03. The van der Waals surface area contributed by atoms with Crippen LogP contribution in [0.4, 0.5) is 0 Å². The molecule has 1 amide bonds. The Bertz CT molecular complexity index is 417. The van der Waals surface area contributed by atoms with Crippen LogP contribution in [-0.2, 0) is 4.79 Å². The minimum Gasteiger partial charge on any atom is -0.340 e. The Labute approximate surface area is 107 Å². The number of aromatic nitrogens is 2. The van der Waals surface area contributed by atoms with E-state index < -0.39 is 0 Å². The molecule has 1 N–H and O–H groups in total. The number of carbonyl (C=O) groups excluding carboxylic acids is 1. The zero-order valence-electron chi connectivity index (χ0n) is 10.7. The topological polar surface area (TPSA) is 50.2 Å². The van der Waals surface area contributed by atoms with Gasteiger partial charge in [-0.25, -0.2) is 0 Å². The maximum absolute atomic E-state index is 12.4. The number of rotatable bonds is 2. The number of fused-ring (bicyclic) bond motifs is 1. The summed E-state index contributed by atoms with van der Waals surface area (Å²) in [6, 6.07) is 2.30. The first-order chi connectivity index (χ1) is 8.75. The molecule has 0 aromatic carbocycles. The molecule has 2 aliphatic heterocycles. The van der Waals surface area contributed by atoms with Gasteiger partial charge in [0.2, 0.25) is 5.91 Å². The van der Waals surface area contributed by atoms with Gasteiger partial charge in [-0.15, -0.1) is 0 Å². The highest BCUT2D eigenvalue weighted by molar-refractivity contribution is 5.80. The molecule has 18 heavy (non-hydrogen) atoms. The van der Waals surface area contributed by atoms with Crippen molar-refractivity contribution in [1.82, 2.24) is 20.0 Å². The largest absolute Gasteiger partial charge is 0.340 e. The summed E-state index contributed by atoms with van der Waals surface area (Å²) >= 11 is 0. The first-order valence-corrected chi connectivity index (χ1v) is 6.77. The first kappa shape index (κ1) is 11.7. The molecular formula is C13H20N4O. The van der Waals surface area contributed by atoms with Crippen molar-refractivity contribution >= 4 is 5.91 Å². The fourth-order valence-corrected chi connectivity index (χ4v) is 3.13. The van der Waals surface area contributed by atoms with E-state index in [2.05, 4.69) is 10.4 Å². The molecule has 2 fully saturated rings. The second kappa shape index (κ2) is 4.72. The second-order valence-electron chi connectivity index (χ2n) is 5.34. The fraction of sp³-hybridized carbons (Fsp3) is 0.692. The van der Waals surface area contributed by atoms with Crippen LogP contribution in [0.3, 0.4) is 0 Å². The number of carbonyl (C=O) groups is 1. The summed E-state index contributed by atoms with van der Waals surface area (Å²) in [4.78, 5) is 14.4. The number of nitrogens with one attached hydrogen (secondary N) is 1. The van der Waals surface area contributed by atoms with Gasteiger partial charge in [0, 0.05) is 31.5 Å². The van der Waals surface area contributed by atoms with Crippen molar-refractivity contribution in [2.75, 3.05) is 19.6 Å². The van der Waals surface area contributed by atoms with Gasteiger partial charge in [0.1, 0.15) is 6.04 Å². The van der Waals surface area contributed by atoms with Crippen molar-refractivity contribution in [2.45, 2.75) is 31.8 Å². The lowest BCUT2D eigenvalue weighted by Gasteiger charge is -2.36. The first-order valence-electron chi connectivity index (χ1n) is 6.77. The zero-order valence-corrected chi connectivity index (χ0v) is 10.7. The summed E-state index contributed by atoms with van der Waals surface area (Å²) in [6.07, 6.45) is 5.86. The third-order valence-corrected chi connectivity index (χ3v) is 4.25. The Morgan fingerprint density at radius 1 is 1.50 bits per heavy atom. The van der Waals surface area contributed by atoms with Crippen LogP contribution >= 0.6 is 0 Å². The molecular weight excluding hydrogens is 228 g/mol. The number of nitrogens with zero attached hydrogens (tertiary/aromatic N) is 3. The average molecular weight is 248 g/mol. The highest BCUT2D eigenvalue weighted by Crippen LogP contribution is 2.25. The number of likely N-dealkylation sites (tertiary alicyclic amines) is 1. The van der Waals surface area contributed by atoms with E-state index in [1.54, 1.807) is 10.9 Å². The van der Waals surface area contributed by atoms with E-state index in [0.717, 1.165) is 26.1 Å². The average Bonchev–Trinajstić information content (AvgIpc) is 3.06. The maximum Gasteiger partial charge on any atom is 0.247 e. The lowest BCUT2D eigenvalue weighted by Crippen LogP contribution is -2.48. The zero-order chi connectivity index (χ0) is 12.5. The highest BCUT2D eigenvalue weighted by atomic mass is 16.2. The lowest BCUT2D eigenvalue weighted by atomic mass is 9.93. The molecule has 0 spiro atoms. The van der Waals surface area contributed by atoms with Crippen LogP contribution in [0.5, 0.6) is 0 Å². The van der Waals surface area contributed by atoms with Crippen LogP contribution in [0.25, 0.3) is 0 Å². The predicted molar refractivity (Wildman–Crippen MR) is 68.0 cm³/mol. The number of amides is 1. The Morgan fingerprint density at radius 3 is 3.17 bits per heavy atom. The van der Waals surface area contributed by atoms with Gasteiger partial charge in [0.15, 0.2) is 0 Å². The number of hydrogen-bond acceptors (Lipinski definition) is 3. The molecule has 2 aliphatic rings. The summed E-state index contributed by atoms with van der Waals surface area (Å²) in [6.45, 7) is 4.81. The second-order valence-corrected chi connectivity index (χ2v) is 5.34. The predicted octanol–water partition coefficient (Wildman–Crippen LogP) is 0.654. The van der Waals surface area contributed by atoms with Crippen LogP contribution in [0.15, 0.2) is 18.5 Å². The monoisotopic (exact) mass is 248 g/mol. The van der Waals surface area contributed by atoms with Crippen molar-refractivity contribution in [3.8, 4) is 0 Å². The molecule has 3 unspecified atom stereocenters. The van der Waals surface area contributed by atoms with Gasteiger partial charge in [-0.3, -0.25) is 9.48 Å². The molecule has 1 aromatic rings. The van der Waals surface area contributed by atoms with E-state index in [0.29, 0.717) is 12.0 Å². The molecule has 2 saturated heterocycles. The van der Waals surface area contributed by atoms with Crippen LogP contribution in [0.1, 0.15) is 25.8 Å². The number of piperidine rings is 1. The minimum atomic E-state index is -0.189. The third-order valence-electron chi connectivity index (χ3n) is 4.25. The van der Waals surface area contributed by atoms with Crippen molar-refractivity contribution in [2.24, 2.45) is 5.92 Å².